The van der Waals surface area contributed by atoms with Crippen molar-refractivity contribution in [1.82, 2.24) is 9.88 Å². The lowest BCUT2D eigenvalue weighted by molar-refractivity contribution is 0.321. The van der Waals surface area contributed by atoms with Crippen LogP contribution >= 0.6 is 23.5 Å². The van der Waals surface area contributed by atoms with Crippen LogP contribution in [-0.4, -0.2) is 33.1 Å². The number of thioether (sulfide) groups is 2. The summed E-state index contributed by atoms with van der Waals surface area (Å²) in [6.45, 7) is 3.33. The van der Waals surface area contributed by atoms with Gasteiger partial charge in [-0.3, -0.25) is 9.98 Å². The second-order valence-corrected chi connectivity index (χ2v) is 8.20. The zero-order valence-corrected chi connectivity index (χ0v) is 14.8. The van der Waals surface area contributed by atoms with E-state index >= 15 is 0 Å². The van der Waals surface area contributed by atoms with E-state index in [1.54, 1.807) is 11.8 Å². The number of pyridine rings is 1. The van der Waals surface area contributed by atoms with Gasteiger partial charge < -0.3 is 4.90 Å². The molecule has 5 heteroatoms. The largest absolute Gasteiger partial charge is 0.341 e. The third-order valence-electron chi connectivity index (χ3n) is 4.34. The Morgan fingerprint density at radius 1 is 1.17 bits per heavy atom. The van der Waals surface area contributed by atoms with Crippen molar-refractivity contribution < 1.29 is 0 Å². The van der Waals surface area contributed by atoms with Crippen LogP contribution in [-0.2, 0) is 0 Å². The van der Waals surface area contributed by atoms with Crippen molar-refractivity contribution in [2.45, 2.75) is 29.2 Å². The number of hydrogen-bond donors (Lipinski definition) is 0. The van der Waals surface area contributed by atoms with Gasteiger partial charge in [-0.25, -0.2) is 0 Å². The first kappa shape index (κ1) is 15.1. The van der Waals surface area contributed by atoms with E-state index in [9.17, 15) is 0 Å². The SMILES string of the molecule is CSc1ccc([C@@H]2[C@@H](c3ccccn3)N=C3S[C@H](C)CN32)cc1. The molecule has 0 radical (unpaired) electrons. The maximum Gasteiger partial charge on any atom is 0.160 e. The molecule has 118 valence electrons. The van der Waals surface area contributed by atoms with Gasteiger partial charge >= 0.3 is 0 Å². The summed E-state index contributed by atoms with van der Waals surface area (Å²) in [7, 11) is 0. The first-order chi connectivity index (χ1) is 11.3. The van der Waals surface area contributed by atoms with Crippen molar-refractivity contribution in [3.05, 3.63) is 59.9 Å². The summed E-state index contributed by atoms with van der Waals surface area (Å²) in [4.78, 5) is 13.3. The Morgan fingerprint density at radius 3 is 2.70 bits per heavy atom. The van der Waals surface area contributed by atoms with E-state index in [2.05, 4.69) is 59.5 Å². The van der Waals surface area contributed by atoms with E-state index < -0.39 is 0 Å². The summed E-state index contributed by atoms with van der Waals surface area (Å²) in [5, 5.41) is 1.78. The smallest absolute Gasteiger partial charge is 0.160 e. The number of fused-ring (bicyclic) bond motifs is 1. The number of aromatic nitrogens is 1. The molecule has 3 heterocycles. The average Bonchev–Trinajstić information content (AvgIpc) is 3.11. The minimum atomic E-state index is 0.0892. The van der Waals surface area contributed by atoms with Gasteiger partial charge in [0.15, 0.2) is 5.17 Å². The molecule has 1 aromatic carbocycles. The fraction of sp³-hybridized carbons (Fsp3) is 0.333. The molecule has 0 saturated carbocycles. The maximum atomic E-state index is 5.01. The van der Waals surface area contributed by atoms with Crippen LogP contribution in [0.3, 0.4) is 0 Å². The summed E-state index contributed by atoms with van der Waals surface area (Å²) < 4.78 is 0. The highest BCUT2D eigenvalue weighted by Crippen LogP contribution is 2.47. The van der Waals surface area contributed by atoms with Crippen LogP contribution in [0.5, 0.6) is 0 Å². The fourth-order valence-corrected chi connectivity index (χ4v) is 4.78. The molecule has 3 nitrogen and oxygen atoms in total. The van der Waals surface area contributed by atoms with Crippen molar-refractivity contribution in [3.63, 3.8) is 0 Å². The summed E-state index contributed by atoms with van der Waals surface area (Å²) in [6.07, 6.45) is 3.98. The minimum absolute atomic E-state index is 0.0892. The predicted molar refractivity (Wildman–Crippen MR) is 99.1 cm³/mol. The van der Waals surface area contributed by atoms with Crippen molar-refractivity contribution in [2.75, 3.05) is 12.8 Å². The molecule has 1 saturated heterocycles. The Labute approximate surface area is 145 Å². The lowest BCUT2D eigenvalue weighted by Crippen LogP contribution is -2.28. The maximum absolute atomic E-state index is 5.01. The second-order valence-electron chi connectivity index (χ2n) is 5.91. The lowest BCUT2D eigenvalue weighted by atomic mass is 9.96. The molecule has 1 fully saturated rings. The Kier molecular flexibility index (Phi) is 4.07. The van der Waals surface area contributed by atoms with Crippen LogP contribution in [0, 0.1) is 0 Å². The molecule has 2 aliphatic rings. The number of rotatable bonds is 3. The van der Waals surface area contributed by atoms with Gasteiger partial charge in [0.05, 0.1) is 11.7 Å². The van der Waals surface area contributed by atoms with Gasteiger partial charge in [0.1, 0.15) is 6.04 Å². The molecular weight excluding hydrogens is 322 g/mol. The number of aliphatic imine (C=N–C) groups is 1. The van der Waals surface area contributed by atoms with Crippen molar-refractivity contribution in [2.24, 2.45) is 4.99 Å². The normalized spacial score (nSPS) is 26.3. The Bertz CT molecular complexity index is 715. The number of nitrogens with zero attached hydrogens (tertiary/aromatic N) is 3. The number of amidine groups is 1. The van der Waals surface area contributed by atoms with Gasteiger partial charge in [0, 0.05) is 22.9 Å². The Morgan fingerprint density at radius 2 is 2.00 bits per heavy atom. The third-order valence-corrected chi connectivity index (χ3v) is 6.18. The molecular formula is C18H19N3S2. The molecule has 3 atom stereocenters. The van der Waals surface area contributed by atoms with Crippen LogP contribution in [0.25, 0.3) is 0 Å². The monoisotopic (exact) mass is 341 g/mol. The van der Waals surface area contributed by atoms with Crippen molar-refractivity contribution in [1.29, 1.82) is 0 Å². The first-order valence-electron chi connectivity index (χ1n) is 7.82. The molecule has 2 aliphatic heterocycles. The topological polar surface area (TPSA) is 28.5 Å². The highest BCUT2D eigenvalue weighted by atomic mass is 32.2. The van der Waals surface area contributed by atoms with E-state index in [-0.39, 0.29) is 12.1 Å². The van der Waals surface area contributed by atoms with E-state index in [1.807, 2.05) is 24.0 Å². The van der Waals surface area contributed by atoms with E-state index in [4.69, 9.17) is 4.99 Å². The molecule has 0 N–H and O–H groups in total. The van der Waals surface area contributed by atoms with Crippen molar-refractivity contribution in [3.8, 4) is 0 Å². The van der Waals surface area contributed by atoms with Crippen molar-refractivity contribution >= 4 is 28.7 Å². The Hall–Kier alpha value is -1.46. The zero-order valence-electron chi connectivity index (χ0n) is 13.2. The molecule has 0 amide bonds. The summed E-state index contributed by atoms with van der Waals surface area (Å²) in [5.41, 5.74) is 2.38. The number of hydrogen-bond acceptors (Lipinski definition) is 5. The van der Waals surface area contributed by atoms with E-state index in [0.717, 1.165) is 12.2 Å². The quantitative estimate of drug-likeness (QED) is 0.774. The lowest BCUT2D eigenvalue weighted by Gasteiger charge is -2.27. The predicted octanol–water partition coefficient (Wildman–Crippen LogP) is 4.39. The van der Waals surface area contributed by atoms with Gasteiger partial charge in [0.25, 0.3) is 0 Å². The highest BCUT2D eigenvalue weighted by Gasteiger charge is 2.43. The Balaban J connectivity index is 1.74. The summed E-state index contributed by atoms with van der Waals surface area (Å²) in [5.74, 6) is 0. The van der Waals surface area contributed by atoms with Gasteiger partial charge in [-0.2, -0.15) is 0 Å². The van der Waals surface area contributed by atoms with Gasteiger partial charge in [0.2, 0.25) is 0 Å². The standard InChI is InChI=1S/C18H19N3S2/c1-12-11-21-17(13-6-8-14(22-2)9-7-13)16(20-18(21)23-12)15-5-3-4-10-19-15/h3-10,12,16-17H,11H2,1-2H3/t12-,16-,17-/m1/s1. The minimum Gasteiger partial charge on any atom is -0.341 e. The van der Waals surface area contributed by atoms with E-state index in [0.29, 0.717) is 5.25 Å². The zero-order chi connectivity index (χ0) is 15.8. The average molecular weight is 342 g/mol. The molecule has 1 aromatic heterocycles. The van der Waals surface area contributed by atoms with Gasteiger partial charge in [-0.1, -0.05) is 36.9 Å². The third kappa shape index (κ3) is 2.76. The van der Waals surface area contributed by atoms with Crippen LogP contribution in [0.2, 0.25) is 0 Å². The molecule has 0 unspecified atom stereocenters. The molecule has 0 spiro atoms. The second kappa shape index (κ2) is 6.21. The van der Waals surface area contributed by atoms with Crippen LogP contribution in [0.4, 0.5) is 0 Å². The molecule has 0 bridgehead atoms. The fourth-order valence-electron chi connectivity index (χ4n) is 3.28. The van der Waals surface area contributed by atoms with Crippen LogP contribution in [0.15, 0.2) is 58.5 Å². The van der Waals surface area contributed by atoms with Gasteiger partial charge in [-0.05, 0) is 36.1 Å². The van der Waals surface area contributed by atoms with Gasteiger partial charge in [-0.15, -0.1) is 11.8 Å². The first-order valence-corrected chi connectivity index (χ1v) is 9.92. The molecule has 2 aromatic rings. The van der Waals surface area contributed by atoms with E-state index in [1.165, 1.54) is 15.6 Å². The molecule has 0 aliphatic carbocycles. The van der Waals surface area contributed by atoms with Crippen LogP contribution in [0.1, 0.15) is 30.3 Å². The molecule has 4 rings (SSSR count). The highest BCUT2D eigenvalue weighted by molar-refractivity contribution is 8.14. The summed E-state index contributed by atoms with van der Waals surface area (Å²) in [6, 6.07) is 15.4. The molecule has 23 heavy (non-hydrogen) atoms. The summed E-state index contributed by atoms with van der Waals surface area (Å²) >= 11 is 3.66. The number of benzene rings is 1. The van der Waals surface area contributed by atoms with Crippen LogP contribution < -0.4 is 0 Å².